The minimum atomic E-state index is -0.443. The van der Waals surface area contributed by atoms with Crippen molar-refractivity contribution in [3.8, 4) is 0 Å². The highest BCUT2D eigenvalue weighted by Crippen LogP contribution is 2.18. The van der Waals surface area contributed by atoms with Gasteiger partial charge in [-0.2, -0.15) is 0 Å². The molecule has 0 aromatic carbocycles. The number of nitrogens with one attached hydrogen (secondary N) is 1. The van der Waals surface area contributed by atoms with E-state index in [4.69, 9.17) is 4.74 Å². The third-order valence-electron chi connectivity index (χ3n) is 3.89. The van der Waals surface area contributed by atoms with Crippen molar-refractivity contribution in [1.82, 2.24) is 20.2 Å². The molecule has 2 unspecified atom stereocenters. The van der Waals surface area contributed by atoms with Gasteiger partial charge in [0.2, 0.25) is 0 Å². The molecule has 1 saturated heterocycles. The van der Waals surface area contributed by atoms with Gasteiger partial charge in [0.1, 0.15) is 5.60 Å². The molecule has 23 heavy (non-hydrogen) atoms. The summed E-state index contributed by atoms with van der Waals surface area (Å²) in [6.07, 6.45) is 7.92. The fourth-order valence-electron chi connectivity index (χ4n) is 2.75. The zero-order valence-corrected chi connectivity index (χ0v) is 14.6. The van der Waals surface area contributed by atoms with Crippen LogP contribution in [0.5, 0.6) is 0 Å². The van der Waals surface area contributed by atoms with Gasteiger partial charge in [0.15, 0.2) is 0 Å². The minimum absolute atomic E-state index is 0.154. The Kier molecular flexibility index (Phi) is 5.93. The second kappa shape index (κ2) is 7.73. The second-order valence-corrected chi connectivity index (χ2v) is 7.11. The molecule has 0 bridgehead atoms. The molecule has 0 spiro atoms. The number of rotatable bonds is 3. The number of ether oxygens (including phenoxy) is 1. The molecule has 1 aliphatic rings. The van der Waals surface area contributed by atoms with E-state index in [9.17, 15) is 4.79 Å². The van der Waals surface area contributed by atoms with Crippen molar-refractivity contribution >= 4 is 6.09 Å². The fraction of sp³-hybridized carbons (Fsp3) is 0.706. The summed E-state index contributed by atoms with van der Waals surface area (Å²) in [5.74, 6) is 0. The van der Waals surface area contributed by atoms with Crippen LogP contribution >= 0.6 is 0 Å². The largest absolute Gasteiger partial charge is 0.444 e. The second-order valence-electron chi connectivity index (χ2n) is 7.11. The van der Waals surface area contributed by atoms with Crippen molar-refractivity contribution in [2.45, 2.75) is 64.6 Å². The number of hydrogen-bond acceptors (Lipinski definition) is 5. The van der Waals surface area contributed by atoms with E-state index in [2.05, 4.69) is 22.2 Å². The van der Waals surface area contributed by atoms with E-state index < -0.39 is 5.60 Å². The lowest BCUT2D eigenvalue weighted by Crippen LogP contribution is -2.38. The average molecular weight is 320 g/mol. The highest BCUT2D eigenvalue weighted by Gasteiger charge is 2.25. The number of aromatic nitrogens is 2. The van der Waals surface area contributed by atoms with Crippen LogP contribution in [0.4, 0.5) is 4.79 Å². The van der Waals surface area contributed by atoms with Gasteiger partial charge in [0.25, 0.3) is 0 Å². The SMILES string of the molecule is CC(NC1CCCN(C(=O)OC(C)(C)C)CC1)c1cnccn1. The van der Waals surface area contributed by atoms with E-state index in [0.717, 1.165) is 38.0 Å². The highest BCUT2D eigenvalue weighted by molar-refractivity contribution is 5.68. The van der Waals surface area contributed by atoms with E-state index in [0.29, 0.717) is 6.04 Å². The van der Waals surface area contributed by atoms with Crippen molar-refractivity contribution in [3.63, 3.8) is 0 Å². The normalized spacial score (nSPS) is 20.7. The smallest absolute Gasteiger partial charge is 0.410 e. The Labute approximate surface area is 138 Å². The molecule has 2 heterocycles. The zero-order valence-electron chi connectivity index (χ0n) is 14.6. The molecule has 0 radical (unpaired) electrons. The van der Waals surface area contributed by atoms with E-state index >= 15 is 0 Å². The lowest BCUT2D eigenvalue weighted by Gasteiger charge is -2.26. The minimum Gasteiger partial charge on any atom is -0.444 e. The van der Waals surface area contributed by atoms with E-state index in [1.807, 2.05) is 25.7 Å². The van der Waals surface area contributed by atoms with Crippen LogP contribution in [0.15, 0.2) is 18.6 Å². The zero-order chi connectivity index (χ0) is 16.9. The first-order valence-electron chi connectivity index (χ1n) is 8.35. The predicted octanol–water partition coefficient (Wildman–Crippen LogP) is 2.92. The summed E-state index contributed by atoms with van der Waals surface area (Å²) >= 11 is 0. The number of likely N-dealkylation sites (tertiary alicyclic amines) is 1. The molecule has 1 fully saturated rings. The summed E-state index contributed by atoms with van der Waals surface area (Å²) in [6.45, 7) is 9.27. The van der Waals surface area contributed by atoms with Gasteiger partial charge in [-0.25, -0.2) is 4.79 Å². The van der Waals surface area contributed by atoms with Crippen molar-refractivity contribution in [2.75, 3.05) is 13.1 Å². The van der Waals surface area contributed by atoms with Crippen LogP contribution in [0, 0.1) is 0 Å². The topological polar surface area (TPSA) is 67.4 Å². The Morgan fingerprint density at radius 3 is 2.78 bits per heavy atom. The van der Waals surface area contributed by atoms with Crippen LogP contribution in [0.25, 0.3) is 0 Å². The Morgan fingerprint density at radius 1 is 1.35 bits per heavy atom. The molecule has 6 heteroatoms. The number of carbonyl (C=O) groups is 1. The van der Waals surface area contributed by atoms with Crippen LogP contribution in [0.2, 0.25) is 0 Å². The molecule has 2 atom stereocenters. The van der Waals surface area contributed by atoms with Crippen molar-refractivity contribution in [3.05, 3.63) is 24.3 Å². The van der Waals surface area contributed by atoms with Crippen molar-refractivity contribution < 1.29 is 9.53 Å². The molecule has 1 aromatic heterocycles. The Bertz CT molecular complexity index is 501. The number of amides is 1. The summed E-state index contributed by atoms with van der Waals surface area (Å²) in [5, 5.41) is 3.60. The monoisotopic (exact) mass is 320 g/mol. The van der Waals surface area contributed by atoms with E-state index in [-0.39, 0.29) is 12.1 Å². The maximum absolute atomic E-state index is 12.2. The summed E-state index contributed by atoms with van der Waals surface area (Å²) in [5.41, 5.74) is 0.502. The summed E-state index contributed by atoms with van der Waals surface area (Å²) in [7, 11) is 0. The number of hydrogen-bond donors (Lipinski definition) is 1. The van der Waals surface area contributed by atoms with Gasteiger partial charge in [0.05, 0.1) is 5.69 Å². The number of nitrogens with zero attached hydrogens (tertiary/aromatic N) is 3. The lowest BCUT2D eigenvalue weighted by atomic mass is 10.1. The quantitative estimate of drug-likeness (QED) is 0.927. The summed E-state index contributed by atoms with van der Waals surface area (Å²) in [6, 6.07) is 0.529. The van der Waals surface area contributed by atoms with Crippen LogP contribution < -0.4 is 5.32 Å². The summed E-state index contributed by atoms with van der Waals surface area (Å²) < 4.78 is 5.47. The molecular weight excluding hydrogens is 292 g/mol. The van der Waals surface area contributed by atoms with Crippen LogP contribution in [0.3, 0.4) is 0 Å². The molecule has 1 amide bonds. The molecule has 128 valence electrons. The third-order valence-corrected chi connectivity index (χ3v) is 3.89. The third kappa shape index (κ3) is 5.78. The van der Waals surface area contributed by atoms with Crippen molar-refractivity contribution in [1.29, 1.82) is 0 Å². The van der Waals surface area contributed by atoms with E-state index in [1.54, 1.807) is 18.6 Å². The molecule has 1 aliphatic heterocycles. The molecule has 0 aliphatic carbocycles. The number of carbonyl (C=O) groups excluding carboxylic acids is 1. The van der Waals surface area contributed by atoms with Gasteiger partial charge in [-0.05, 0) is 47.0 Å². The van der Waals surface area contributed by atoms with E-state index in [1.165, 1.54) is 0 Å². The summed E-state index contributed by atoms with van der Waals surface area (Å²) in [4.78, 5) is 22.5. The molecular formula is C17H28N4O2. The molecule has 0 saturated carbocycles. The lowest BCUT2D eigenvalue weighted by molar-refractivity contribution is 0.0256. The first-order chi connectivity index (χ1) is 10.8. The van der Waals surface area contributed by atoms with Crippen LogP contribution in [-0.4, -0.2) is 45.7 Å². The highest BCUT2D eigenvalue weighted by atomic mass is 16.6. The molecule has 1 N–H and O–H groups in total. The van der Waals surface area contributed by atoms with Crippen molar-refractivity contribution in [2.24, 2.45) is 0 Å². The van der Waals surface area contributed by atoms with Gasteiger partial charge in [-0.1, -0.05) is 0 Å². The maximum atomic E-state index is 12.2. The van der Waals surface area contributed by atoms with Crippen LogP contribution in [0.1, 0.15) is 58.7 Å². The maximum Gasteiger partial charge on any atom is 0.410 e. The molecule has 1 aromatic rings. The Balaban J connectivity index is 1.85. The van der Waals surface area contributed by atoms with Gasteiger partial charge < -0.3 is 15.0 Å². The van der Waals surface area contributed by atoms with Gasteiger partial charge in [-0.3, -0.25) is 9.97 Å². The first kappa shape index (κ1) is 17.7. The Hall–Kier alpha value is -1.69. The fourth-order valence-corrected chi connectivity index (χ4v) is 2.75. The van der Waals surface area contributed by atoms with Gasteiger partial charge in [0, 0.05) is 43.8 Å². The van der Waals surface area contributed by atoms with Gasteiger partial charge in [-0.15, -0.1) is 0 Å². The standard InChI is InChI=1S/C17H28N4O2/c1-13(15-12-18-8-9-19-15)20-14-6-5-10-21(11-7-14)16(22)23-17(2,3)4/h8-9,12-14,20H,5-7,10-11H2,1-4H3. The Morgan fingerprint density at radius 2 is 2.13 bits per heavy atom. The predicted molar refractivity (Wildman–Crippen MR) is 89.0 cm³/mol. The van der Waals surface area contributed by atoms with Gasteiger partial charge >= 0.3 is 6.09 Å². The average Bonchev–Trinajstić information content (AvgIpc) is 2.72. The first-order valence-corrected chi connectivity index (χ1v) is 8.35. The molecule has 6 nitrogen and oxygen atoms in total. The molecule has 2 rings (SSSR count). The van der Waals surface area contributed by atoms with Crippen LogP contribution in [-0.2, 0) is 4.74 Å².